The van der Waals surface area contributed by atoms with Gasteiger partial charge < -0.3 is 10.6 Å². The van der Waals surface area contributed by atoms with E-state index in [9.17, 15) is 0 Å². The standard InChI is InChI=1S/C20H39N3/c1-8-19(9-2)20(17(7)22-16(6)15(4)5)23-12-11-18(14-23)13-21-10-3/h16,18-22H,4,7-14H2,1-3,5-6H3. The lowest BCUT2D eigenvalue weighted by Crippen LogP contribution is -2.46. The third-order valence-corrected chi connectivity index (χ3v) is 5.39. The van der Waals surface area contributed by atoms with Gasteiger partial charge >= 0.3 is 0 Å². The number of hydrogen-bond acceptors (Lipinski definition) is 3. The molecule has 3 nitrogen and oxygen atoms in total. The lowest BCUT2D eigenvalue weighted by atomic mass is 9.90. The number of rotatable bonds is 11. The summed E-state index contributed by atoms with van der Waals surface area (Å²) in [5, 5.41) is 7.12. The second-order valence-electron chi connectivity index (χ2n) is 7.22. The van der Waals surface area contributed by atoms with Crippen LogP contribution < -0.4 is 10.6 Å². The molecule has 1 fully saturated rings. The third kappa shape index (κ3) is 5.96. The van der Waals surface area contributed by atoms with Crippen LogP contribution in [0.25, 0.3) is 0 Å². The number of nitrogens with one attached hydrogen (secondary N) is 2. The summed E-state index contributed by atoms with van der Waals surface area (Å²) in [7, 11) is 0. The van der Waals surface area contributed by atoms with Crippen LogP contribution in [0, 0.1) is 11.8 Å². The fraction of sp³-hybridized carbons (Fsp3) is 0.800. The van der Waals surface area contributed by atoms with Crippen molar-refractivity contribution in [2.24, 2.45) is 11.8 Å². The van der Waals surface area contributed by atoms with Crippen LogP contribution in [0.1, 0.15) is 53.9 Å². The summed E-state index contributed by atoms with van der Waals surface area (Å²) in [5.74, 6) is 1.45. The SMILES string of the molecule is C=C(C)C(C)NC(=C)C(C(CC)CC)N1CCC(CNCC)C1. The molecule has 0 saturated carbocycles. The van der Waals surface area contributed by atoms with E-state index in [2.05, 4.69) is 63.3 Å². The predicted molar refractivity (Wildman–Crippen MR) is 103 cm³/mol. The van der Waals surface area contributed by atoms with Gasteiger partial charge in [-0.1, -0.05) is 52.3 Å². The van der Waals surface area contributed by atoms with Crippen molar-refractivity contribution in [1.82, 2.24) is 15.5 Å². The van der Waals surface area contributed by atoms with E-state index in [4.69, 9.17) is 0 Å². The minimum atomic E-state index is 0.291. The minimum absolute atomic E-state index is 0.291. The van der Waals surface area contributed by atoms with Crippen LogP contribution in [-0.4, -0.2) is 43.2 Å². The maximum atomic E-state index is 4.42. The lowest BCUT2D eigenvalue weighted by molar-refractivity contribution is 0.181. The molecule has 0 spiro atoms. The zero-order chi connectivity index (χ0) is 17.4. The number of hydrogen-bond donors (Lipinski definition) is 2. The van der Waals surface area contributed by atoms with Gasteiger partial charge in [-0.3, -0.25) is 4.90 Å². The van der Waals surface area contributed by atoms with Gasteiger partial charge in [0.1, 0.15) is 0 Å². The van der Waals surface area contributed by atoms with Gasteiger partial charge in [-0.2, -0.15) is 0 Å². The van der Waals surface area contributed by atoms with Crippen molar-refractivity contribution in [3.05, 3.63) is 24.4 Å². The van der Waals surface area contributed by atoms with Crippen LogP contribution >= 0.6 is 0 Å². The van der Waals surface area contributed by atoms with Gasteiger partial charge in [-0.05, 0) is 51.7 Å². The fourth-order valence-electron chi connectivity index (χ4n) is 3.66. The van der Waals surface area contributed by atoms with Gasteiger partial charge in [-0.25, -0.2) is 0 Å². The van der Waals surface area contributed by atoms with E-state index in [0.717, 1.165) is 19.0 Å². The second kappa shape index (κ2) is 10.1. The van der Waals surface area contributed by atoms with Crippen molar-refractivity contribution < 1.29 is 0 Å². The highest BCUT2D eigenvalue weighted by molar-refractivity contribution is 5.13. The molecule has 0 radical (unpaired) electrons. The molecule has 134 valence electrons. The normalized spacial score (nSPS) is 21.4. The minimum Gasteiger partial charge on any atom is -0.381 e. The Morgan fingerprint density at radius 1 is 1.22 bits per heavy atom. The summed E-state index contributed by atoms with van der Waals surface area (Å²) < 4.78 is 0. The summed E-state index contributed by atoms with van der Waals surface area (Å²) in [6.45, 7) is 24.1. The maximum Gasteiger partial charge on any atom is 0.0517 e. The molecule has 0 aliphatic carbocycles. The molecule has 0 aromatic heterocycles. The molecule has 1 aliphatic heterocycles. The number of likely N-dealkylation sites (tertiary alicyclic amines) is 1. The van der Waals surface area contributed by atoms with E-state index in [0.29, 0.717) is 18.0 Å². The Hall–Kier alpha value is -0.800. The lowest BCUT2D eigenvalue weighted by Gasteiger charge is -2.37. The largest absolute Gasteiger partial charge is 0.381 e. The fourth-order valence-corrected chi connectivity index (χ4v) is 3.66. The van der Waals surface area contributed by atoms with E-state index in [1.165, 1.54) is 43.6 Å². The van der Waals surface area contributed by atoms with E-state index in [1.54, 1.807) is 0 Å². The van der Waals surface area contributed by atoms with Crippen molar-refractivity contribution in [2.45, 2.75) is 66.0 Å². The van der Waals surface area contributed by atoms with Crippen LogP contribution in [0.5, 0.6) is 0 Å². The van der Waals surface area contributed by atoms with Gasteiger partial charge in [0.25, 0.3) is 0 Å². The second-order valence-corrected chi connectivity index (χ2v) is 7.22. The van der Waals surface area contributed by atoms with Crippen molar-refractivity contribution in [2.75, 3.05) is 26.2 Å². The Kier molecular flexibility index (Phi) is 8.93. The average Bonchev–Trinajstić information content (AvgIpc) is 2.98. The molecule has 0 aromatic rings. The highest BCUT2D eigenvalue weighted by Crippen LogP contribution is 2.29. The summed E-state index contributed by atoms with van der Waals surface area (Å²) in [6.07, 6.45) is 3.71. The average molecular weight is 322 g/mol. The first-order valence-corrected chi connectivity index (χ1v) is 9.49. The Balaban J connectivity index is 2.77. The van der Waals surface area contributed by atoms with Crippen LogP contribution in [0.2, 0.25) is 0 Å². The van der Waals surface area contributed by atoms with Crippen LogP contribution in [0.4, 0.5) is 0 Å². The van der Waals surface area contributed by atoms with E-state index in [1.807, 2.05) is 0 Å². The Morgan fingerprint density at radius 3 is 2.39 bits per heavy atom. The highest BCUT2D eigenvalue weighted by Gasteiger charge is 2.33. The van der Waals surface area contributed by atoms with Crippen molar-refractivity contribution in [3.8, 4) is 0 Å². The molecule has 0 aromatic carbocycles. The summed E-state index contributed by atoms with van der Waals surface area (Å²) in [6, 6.07) is 0.734. The first-order valence-electron chi connectivity index (χ1n) is 9.49. The molecular weight excluding hydrogens is 282 g/mol. The van der Waals surface area contributed by atoms with Crippen LogP contribution in [-0.2, 0) is 0 Å². The smallest absolute Gasteiger partial charge is 0.0517 e. The Bertz CT molecular complexity index is 373. The number of nitrogens with zero attached hydrogens (tertiary/aromatic N) is 1. The Labute approximate surface area is 144 Å². The third-order valence-electron chi connectivity index (χ3n) is 5.39. The topological polar surface area (TPSA) is 27.3 Å². The van der Waals surface area contributed by atoms with Crippen molar-refractivity contribution >= 4 is 0 Å². The zero-order valence-electron chi connectivity index (χ0n) is 16.1. The molecule has 1 aliphatic rings. The quantitative estimate of drug-likeness (QED) is 0.567. The van der Waals surface area contributed by atoms with Gasteiger partial charge in [0, 0.05) is 18.3 Å². The zero-order valence-corrected chi connectivity index (χ0v) is 16.1. The van der Waals surface area contributed by atoms with E-state index in [-0.39, 0.29) is 0 Å². The molecule has 2 N–H and O–H groups in total. The summed E-state index contributed by atoms with van der Waals surface area (Å²) in [5.41, 5.74) is 2.35. The predicted octanol–water partition coefficient (Wildman–Crippen LogP) is 3.79. The van der Waals surface area contributed by atoms with Crippen LogP contribution in [0.3, 0.4) is 0 Å². The molecule has 23 heavy (non-hydrogen) atoms. The van der Waals surface area contributed by atoms with Crippen molar-refractivity contribution in [1.29, 1.82) is 0 Å². The first kappa shape index (κ1) is 20.2. The first-order chi connectivity index (χ1) is 10.9. The monoisotopic (exact) mass is 321 g/mol. The van der Waals surface area contributed by atoms with Gasteiger partial charge in [0.05, 0.1) is 6.04 Å². The molecule has 3 unspecified atom stereocenters. The molecule has 0 amide bonds. The summed E-state index contributed by atoms with van der Waals surface area (Å²) >= 11 is 0. The van der Waals surface area contributed by atoms with E-state index < -0.39 is 0 Å². The molecule has 1 saturated heterocycles. The molecule has 1 rings (SSSR count). The Morgan fingerprint density at radius 2 is 1.87 bits per heavy atom. The van der Waals surface area contributed by atoms with Crippen LogP contribution in [0.15, 0.2) is 24.4 Å². The molecule has 0 bridgehead atoms. The molecule has 3 heteroatoms. The highest BCUT2D eigenvalue weighted by atomic mass is 15.2. The van der Waals surface area contributed by atoms with Gasteiger partial charge in [-0.15, -0.1) is 0 Å². The van der Waals surface area contributed by atoms with E-state index >= 15 is 0 Å². The van der Waals surface area contributed by atoms with Gasteiger partial charge in [0.15, 0.2) is 0 Å². The van der Waals surface area contributed by atoms with Gasteiger partial charge in [0.2, 0.25) is 0 Å². The molecule has 3 atom stereocenters. The van der Waals surface area contributed by atoms with Crippen molar-refractivity contribution in [3.63, 3.8) is 0 Å². The summed E-state index contributed by atoms with van der Waals surface area (Å²) in [4.78, 5) is 2.67. The molecular formula is C20H39N3. The maximum absolute atomic E-state index is 4.42. The molecule has 1 heterocycles.